The van der Waals surface area contributed by atoms with Crippen molar-refractivity contribution in [1.29, 1.82) is 0 Å². The van der Waals surface area contributed by atoms with E-state index in [0.29, 0.717) is 19.2 Å². The Kier molecular flexibility index (Phi) is 5.47. The highest BCUT2D eigenvalue weighted by molar-refractivity contribution is 5.71. The summed E-state index contributed by atoms with van der Waals surface area (Å²) in [6.45, 7) is 2.01. The first-order valence-corrected chi connectivity index (χ1v) is 10.6. The zero-order valence-corrected chi connectivity index (χ0v) is 18.2. The minimum atomic E-state index is 0.545. The maximum absolute atomic E-state index is 5.75. The summed E-state index contributed by atoms with van der Waals surface area (Å²) in [5, 5.41) is 8.11. The lowest BCUT2D eigenvalue weighted by Gasteiger charge is -2.19. The van der Waals surface area contributed by atoms with Gasteiger partial charge in [0.1, 0.15) is 13.2 Å². The van der Waals surface area contributed by atoms with Gasteiger partial charge in [0.05, 0.1) is 5.69 Å². The number of ether oxygens (including phenoxy) is 2. The van der Waals surface area contributed by atoms with Crippen molar-refractivity contribution < 1.29 is 9.47 Å². The van der Waals surface area contributed by atoms with Gasteiger partial charge in [-0.1, -0.05) is 36.4 Å². The van der Waals surface area contributed by atoms with Crippen LogP contribution in [0.25, 0.3) is 23.0 Å². The first-order chi connectivity index (χ1) is 15.7. The van der Waals surface area contributed by atoms with Crippen molar-refractivity contribution >= 4 is 23.4 Å². The van der Waals surface area contributed by atoms with E-state index < -0.39 is 0 Å². The fourth-order valence-corrected chi connectivity index (χ4v) is 3.65. The van der Waals surface area contributed by atoms with Crippen molar-refractivity contribution in [2.75, 3.05) is 39.2 Å². The molecule has 1 aliphatic heterocycles. The summed E-state index contributed by atoms with van der Waals surface area (Å²) in [6, 6.07) is 20.0. The Morgan fingerprint density at radius 3 is 2.72 bits per heavy atom. The van der Waals surface area contributed by atoms with Crippen molar-refractivity contribution in [3.63, 3.8) is 0 Å². The number of aromatic nitrogens is 3. The van der Waals surface area contributed by atoms with Crippen molar-refractivity contribution in [2.24, 2.45) is 0 Å². The smallest absolute Gasteiger partial charge is 0.247 e. The summed E-state index contributed by atoms with van der Waals surface area (Å²) in [5.41, 5.74) is 4.72. The molecule has 0 bridgehead atoms. The first-order valence-electron chi connectivity index (χ1n) is 10.6. The van der Waals surface area contributed by atoms with E-state index in [4.69, 9.17) is 14.6 Å². The number of anilines is 2. The van der Waals surface area contributed by atoms with Gasteiger partial charge in [-0.25, -0.2) is 4.52 Å². The molecule has 162 valence electrons. The van der Waals surface area contributed by atoms with Gasteiger partial charge < -0.3 is 19.7 Å². The molecule has 32 heavy (non-hydrogen) atoms. The van der Waals surface area contributed by atoms with Crippen molar-refractivity contribution in [3.05, 3.63) is 72.3 Å². The van der Waals surface area contributed by atoms with E-state index in [1.807, 2.05) is 73.2 Å². The highest BCUT2D eigenvalue weighted by atomic mass is 16.6. The fourth-order valence-electron chi connectivity index (χ4n) is 3.65. The molecule has 2 aromatic carbocycles. The highest BCUT2D eigenvalue weighted by Gasteiger charge is 2.15. The van der Waals surface area contributed by atoms with Crippen molar-refractivity contribution in [1.82, 2.24) is 19.5 Å². The molecule has 0 fully saturated rings. The Balaban J connectivity index is 1.47. The second-order valence-corrected chi connectivity index (χ2v) is 7.85. The summed E-state index contributed by atoms with van der Waals surface area (Å²) in [5.74, 6) is 2.07. The third kappa shape index (κ3) is 4.15. The molecule has 7 nitrogen and oxygen atoms in total. The van der Waals surface area contributed by atoms with Crippen LogP contribution in [0.4, 0.5) is 11.6 Å². The van der Waals surface area contributed by atoms with Gasteiger partial charge in [-0.15, -0.1) is 5.10 Å². The quantitative estimate of drug-likeness (QED) is 0.489. The van der Waals surface area contributed by atoms with Crippen LogP contribution in [0.3, 0.4) is 0 Å². The maximum Gasteiger partial charge on any atom is 0.247 e. The van der Waals surface area contributed by atoms with Crippen LogP contribution in [0.2, 0.25) is 0 Å². The van der Waals surface area contributed by atoms with E-state index >= 15 is 0 Å². The lowest BCUT2D eigenvalue weighted by Crippen LogP contribution is -2.15. The molecule has 5 rings (SSSR count). The number of pyridine rings is 1. The van der Waals surface area contributed by atoms with E-state index in [9.17, 15) is 0 Å². The average Bonchev–Trinajstić information content (AvgIpc) is 3.22. The van der Waals surface area contributed by atoms with Crippen LogP contribution in [-0.2, 0) is 0 Å². The van der Waals surface area contributed by atoms with Gasteiger partial charge in [0.25, 0.3) is 0 Å². The zero-order chi connectivity index (χ0) is 21.9. The van der Waals surface area contributed by atoms with Gasteiger partial charge in [-0.3, -0.25) is 0 Å². The lowest BCUT2D eigenvalue weighted by molar-refractivity contribution is 0.171. The fraction of sp³-hybridized carbons (Fsp3) is 0.200. The molecular formula is C25H25N5O2. The van der Waals surface area contributed by atoms with Crippen LogP contribution in [0, 0.1) is 0 Å². The number of benzene rings is 2. The van der Waals surface area contributed by atoms with E-state index in [0.717, 1.165) is 46.2 Å². The topological polar surface area (TPSA) is 63.9 Å². The number of para-hydroxylation sites is 1. The number of rotatable bonds is 6. The van der Waals surface area contributed by atoms with Gasteiger partial charge in [-0.2, -0.15) is 4.98 Å². The number of fused-ring (bicyclic) bond motifs is 2. The molecule has 0 unspecified atom stereocenters. The van der Waals surface area contributed by atoms with Gasteiger partial charge in [-0.05, 0) is 56.1 Å². The molecule has 2 aromatic heterocycles. The zero-order valence-electron chi connectivity index (χ0n) is 18.2. The van der Waals surface area contributed by atoms with Gasteiger partial charge in [0, 0.05) is 17.8 Å². The minimum Gasteiger partial charge on any atom is -0.486 e. The molecule has 1 aliphatic rings. The molecule has 1 N–H and O–H groups in total. The van der Waals surface area contributed by atoms with Crippen LogP contribution in [0.15, 0.2) is 66.7 Å². The lowest BCUT2D eigenvalue weighted by atomic mass is 10.1. The third-order valence-corrected chi connectivity index (χ3v) is 5.17. The van der Waals surface area contributed by atoms with Gasteiger partial charge in [0.2, 0.25) is 5.95 Å². The van der Waals surface area contributed by atoms with Crippen LogP contribution < -0.4 is 14.8 Å². The average molecular weight is 428 g/mol. The molecule has 3 heterocycles. The van der Waals surface area contributed by atoms with Crippen LogP contribution >= 0.6 is 0 Å². The van der Waals surface area contributed by atoms with Crippen LogP contribution in [-0.4, -0.2) is 53.4 Å². The second kappa shape index (κ2) is 8.72. The van der Waals surface area contributed by atoms with Crippen LogP contribution in [0.1, 0.15) is 5.56 Å². The highest BCUT2D eigenvalue weighted by Crippen LogP contribution is 2.34. The van der Waals surface area contributed by atoms with Crippen LogP contribution in [0.5, 0.6) is 11.5 Å². The number of nitrogens with one attached hydrogen (secondary N) is 1. The number of hydrogen-bond donors (Lipinski definition) is 1. The minimum absolute atomic E-state index is 0.545. The predicted molar refractivity (Wildman–Crippen MR) is 127 cm³/mol. The first kappa shape index (κ1) is 20.1. The molecule has 0 atom stereocenters. The van der Waals surface area contributed by atoms with E-state index in [2.05, 4.69) is 33.4 Å². The standard InChI is InChI=1S/C25H25N5O2/c1-29(2)14-6-8-18-7-3-4-9-20(18)26-25-27-24-11-5-10-21(30(24)28-25)19-12-13-22-23(17-19)32-16-15-31-22/h3-13,17H,14-16H2,1-2H3,(H,26,28)/b8-6+. The summed E-state index contributed by atoms with van der Waals surface area (Å²) >= 11 is 0. The Morgan fingerprint density at radius 2 is 1.84 bits per heavy atom. The Morgan fingerprint density at radius 1 is 1.00 bits per heavy atom. The maximum atomic E-state index is 5.75. The Labute approximate surface area is 186 Å². The Hall–Kier alpha value is -3.84. The molecule has 0 radical (unpaired) electrons. The van der Waals surface area contributed by atoms with Crippen molar-refractivity contribution in [3.8, 4) is 22.8 Å². The van der Waals surface area contributed by atoms with Gasteiger partial charge >= 0.3 is 0 Å². The number of nitrogens with zero attached hydrogens (tertiary/aromatic N) is 4. The molecule has 0 aliphatic carbocycles. The summed E-state index contributed by atoms with van der Waals surface area (Å²) < 4.78 is 13.2. The third-order valence-electron chi connectivity index (χ3n) is 5.17. The number of likely N-dealkylation sites (N-methyl/N-ethyl adjacent to an activating group) is 1. The molecule has 0 saturated carbocycles. The molecular weight excluding hydrogens is 402 g/mol. The van der Waals surface area contributed by atoms with E-state index in [1.165, 1.54) is 0 Å². The molecule has 0 spiro atoms. The summed E-state index contributed by atoms with van der Waals surface area (Å²) in [4.78, 5) is 6.80. The van der Waals surface area contributed by atoms with E-state index in [-0.39, 0.29) is 0 Å². The normalized spacial score (nSPS) is 13.2. The Bertz CT molecular complexity index is 1280. The van der Waals surface area contributed by atoms with E-state index in [1.54, 1.807) is 0 Å². The second-order valence-electron chi connectivity index (χ2n) is 7.85. The molecule has 0 saturated heterocycles. The van der Waals surface area contributed by atoms with Crippen molar-refractivity contribution in [2.45, 2.75) is 0 Å². The largest absolute Gasteiger partial charge is 0.486 e. The number of hydrogen-bond acceptors (Lipinski definition) is 6. The molecule has 7 heteroatoms. The molecule has 4 aromatic rings. The van der Waals surface area contributed by atoms with Gasteiger partial charge in [0.15, 0.2) is 17.1 Å². The monoisotopic (exact) mass is 427 g/mol. The SMILES string of the molecule is CN(C)C/C=C/c1ccccc1Nc1nc2cccc(-c3ccc4c(c3)OCCO4)n2n1. The predicted octanol–water partition coefficient (Wildman–Crippen LogP) is 4.49. The summed E-state index contributed by atoms with van der Waals surface area (Å²) in [6.07, 6.45) is 4.25. The summed E-state index contributed by atoms with van der Waals surface area (Å²) in [7, 11) is 4.10. The molecule has 0 amide bonds.